The van der Waals surface area contributed by atoms with Gasteiger partial charge in [-0.15, -0.1) is 0 Å². The molecule has 2 aromatic rings. The molecule has 0 bridgehead atoms. The maximum atomic E-state index is 6.17. The average molecular weight is 306 g/mol. The minimum absolute atomic E-state index is 0.608. The van der Waals surface area contributed by atoms with Crippen molar-refractivity contribution in [2.75, 3.05) is 18.5 Å². The third kappa shape index (κ3) is 4.57. The standard InChI is InChI=1S/C17H20ClNO2/c1-3-20-15-7-5-6-13(10-15)12-19-14-8-9-17(21-4-2)16(18)11-14/h5-11,19H,3-4,12H2,1-2H3. The van der Waals surface area contributed by atoms with Gasteiger partial charge >= 0.3 is 0 Å². The highest BCUT2D eigenvalue weighted by Gasteiger charge is 2.03. The summed E-state index contributed by atoms with van der Waals surface area (Å²) in [4.78, 5) is 0. The van der Waals surface area contributed by atoms with Crippen molar-refractivity contribution in [1.82, 2.24) is 0 Å². The van der Waals surface area contributed by atoms with Gasteiger partial charge in [-0.1, -0.05) is 23.7 Å². The third-order valence-electron chi connectivity index (χ3n) is 2.94. The Morgan fingerprint density at radius 1 is 1.00 bits per heavy atom. The van der Waals surface area contributed by atoms with Crippen molar-refractivity contribution in [3.8, 4) is 11.5 Å². The second-order valence-corrected chi connectivity index (χ2v) is 4.92. The van der Waals surface area contributed by atoms with Crippen molar-refractivity contribution in [2.24, 2.45) is 0 Å². The normalized spacial score (nSPS) is 10.2. The van der Waals surface area contributed by atoms with E-state index in [1.54, 1.807) is 0 Å². The van der Waals surface area contributed by atoms with Crippen molar-refractivity contribution >= 4 is 17.3 Å². The molecule has 0 aliphatic heterocycles. The van der Waals surface area contributed by atoms with Gasteiger partial charge in [-0.05, 0) is 49.7 Å². The van der Waals surface area contributed by atoms with E-state index in [0.717, 1.165) is 17.0 Å². The van der Waals surface area contributed by atoms with Gasteiger partial charge in [0.2, 0.25) is 0 Å². The number of hydrogen-bond acceptors (Lipinski definition) is 3. The fourth-order valence-electron chi connectivity index (χ4n) is 2.00. The van der Waals surface area contributed by atoms with E-state index >= 15 is 0 Å². The highest BCUT2D eigenvalue weighted by Crippen LogP contribution is 2.28. The van der Waals surface area contributed by atoms with Crippen LogP contribution >= 0.6 is 11.6 Å². The number of rotatable bonds is 7. The number of ether oxygens (including phenoxy) is 2. The fourth-order valence-corrected chi connectivity index (χ4v) is 2.23. The van der Waals surface area contributed by atoms with Crippen LogP contribution in [-0.4, -0.2) is 13.2 Å². The Morgan fingerprint density at radius 3 is 2.52 bits per heavy atom. The SMILES string of the molecule is CCOc1cccc(CNc2ccc(OCC)c(Cl)c2)c1. The van der Waals surface area contributed by atoms with Crippen LogP contribution in [0.4, 0.5) is 5.69 Å². The first kappa shape index (κ1) is 15.5. The summed E-state index contributed by atoms with van der Waals surface area (Å²) >= 11 is 6.17. The third-order valence-corrected chi connectivity index (χ3v) is 3.23. The van der Waals surface area contributed by atoms with Crippen LogP contribution in [0.3, 0.4) is 0 Å². The molecule has 4 heteroatoms. The topological polar surface area (TPSA) is 30.5 Å². The lowest BCUT2D eigenvalue weighted by Gasteiger charge is -2.11. The van der Waals surface area contributed by atoms with Gasteiger partial charge in [0.05, 0.1) is 18.2 Å². The van der Waals surface area contributed by atoms with E-state index < -0.39 is 0 Å². The van der Waals surface area contributed by atoms with Crippen LogP contribution in [0.1, 0.15) is 19.4 Å². The summed E-state index contributed by atoms with van der Waals surface area (Å²) in [6.07, 6.45) is 0. The number of nitrogens with one attached hydrogen (secondary N) is 1. The van der Waals surface area contributed by atoms with Crippen LogP contribution < -0.4 is 14.8 Å². The second-order valence-electron chi connectivity index (χ2n) is 4.51. The zero-order valence-electron chi connectivity index (χ0n) is 12.4. The van der Waals surface area contributed by atoms with E-state index in [1.165, 1.54) is 0 Å². The summed E-state index contributed by atoms with van der Waals surface area (Å²) in [7, 11) is 0. The van der Waals surface area contributed by atoms with Gasteiger partial charge in [0.25, 0.3) is 0 Å². The molecule has 112 valence electrons. The molecule has 21 heavy (non-hydrogen) atoms. The summed E-state index contributed by atoms with van der Waals surface area (Å²) in [6, 6.07) is 13.8. The molecule has 0 radical (unpaired) electrons. The monoisotopic (exact) mass is 305 g/mol. The zero-order chi connectivity index (χ0) is 15.1. The van der Waals surface area contributed by atoms with Crippen molar-refractivity contribution in [3.63, 3.8) is 0 Å². The minimum atomic E-state index is 0.608. The lowest BCUT2D eigenvalue weighted by Crippen LogP contribution is -2.01. The molecule has 0 aliphatic rings. The minimum Gasteiger partial charge on any atom is -0.494 e. The molecule has 0 saturated heterocycles. The molecule has 0 unspecified atom stereocenters. The van der Waals surface area contributed by atoms with E-state index in [1.807, 2.05) is 50.2 Å². The average Bonchev–Trinajstić information content (AvgIpc) is 2.49. The molecular weight excluding hydrogens is 286 g/mol. The molecule has 2 aromatic carbocycles. The molecule has 1 N–H and O–H groups in total. The summed E-state index contributed by atoms with van der Waals surface area (Å²) < 4.78 is 10.9. The Morgan fingerprint density at radius 2 is 1.81 bits per heavy atom. The Hall–Kier alpha value is -1.87. The predicted molar refractivity (Wildman–Crippen MR) is 87.6 cm³/mol. The first-order valence-electron chi connectivity index (χ1n) is 7.11. The molecule has 2 rings (SSSR count). The highest BCUT2D eigenvalue weighted by atomic mass is 35.5. The van der Waals surface area contributed by atoms with Gasteiger partial charge in [-0.3, -0.25) is 0 Å². The molecule has 0 aromatic heterocycles. The van der Waals surface area contributed by atoms with Gasteiger partial charge in [-0.2, -0.15) is 0 Å². The first-order valence-corrected chi connectivity index (χ1v) is 7.48. The summed E-state index contributed by atoms with van der Waals surface area (Å²) in [6.45, 7) is 5.91. The first-order chi connectivity index (χ1) is 10.2. The molecule has 0 spiro atoms. The molecule has 0 amide bonds. The zero-order valence-corrected chi connectivity index (χ0v) is 13.1. The van der Waals surface area contributed by atoms with Crippen molar-refractivity contribution in [2.45, 2.75) is 20.4 Å². The number of hydrogen-bond donors (Lipinski definition) is 1. The van der Waals surface area contributed by atoms with Crippen LogP contribution in [-0.2, 0) is 6.54 Å². The van der Waals surface area contributed by atoms with E-state index in [2.05, 4.69) is 11.4 Å². The van der Waals surface area contributed by atoms with E-state index in [-0.39, 0.29) is 0 Å². The molecule has 0 heterocycles. The van der Waals surface area contributed by atoms with Crippen molar-refractivity contribution in [3.05, 3.63) is 53.1 Å². The molecule has 0 fully saturated rings. The number of anilines is 1. The maximum absolute atomic E-state index is 6.17. The van der Waals surface area contributed by atoms with Gasteiger partial charge in [0, 0.05) is 12.2 Å². The Kier molecular flexibility index (Phi) is 5.76. The smallest absolute Gasteiger partial charge is 0.138 e. The van der Waals surface area contributed by atoms with Crippen LogP contribution in [0.15, 0.2) is 42.5 Å². The lowest BCUT2D eigenvalue weighted by atomic mass is 10.2. The van der Waals surface area contributed by atoms with Crippen molar-refractivity contribution in [1.29, 1.82) is 0 Å². The van der Waals surface area contributed by atoms with E-state index in [4.69, 9.17) is 21.1 Å². The van der Waals surface area contributed by atoms with Crippen LogP contribution in [0.5, 0.6) is 11.5 Å². The van der Waals surface area contributed by atoms with E-state index in [9.17, 15) is 0 Å². The van der Waals surface area contributed by atoms with E-state index in [0.29, 0.717) is 30.5 Å². The fraction of sp³-hybridized carbons (Fsp3) is 0.294. The molecule has 0 aliphatic carbocycles. The predicted octanol–water partition coefficient (Wildman–Crippen LogP) is 4.75. The number of benzene rings is 2. The Labute approximate surface area is 130 Å². The summed E-state index contributed by atoms with van der Waals surface area (Å²) in [5.41, 5.74) is 2.12. The van der Waals surface area contributed by atoms with Gasteiger partial charge < -0.3 is 14.8 Å². The maximum Gasteiger partial charge on any atom is 0.138 e. The highest BCUT2D eigenvalue weighted by molar-refractivity contribution is 6.32. The largest absolute Gasteiger partial charge is 0.494 e. The summed E-state index contributed by atoms with van der Waals surface area (Å²) in [5.74, 6) is 1.60. The Balaban J connectivity index is 1.99. The molecule has 0 atom stereocenters. The van der Waals surface area contributed by atoms with Crippen LogP contribution in [0.2, 0.25) is 5.02 Å². The molecular formula is C17H20ClNO2. The van der Waals surface area contributed by atoms with Crippen LogP contribution in [0.25, 0.3) is 0 Å². The van der Waals surface area contributed by atoms with Crippen molar-refractivity contribution < 1.29 is 9.47 Å². The molecule has 0 saturated carbocycles. The molecule has 3 nitrogen and oxygen atoms in total. The van der Waals surface area contributed by atoms with Gasteiger partial charge in [0.1, 0.15) is 11.5 Å². The lowest BCUT2D eigenvalue weighted by molar-refractivity contribution is 0.340. The summed E-state index contributed by atoms with van der Waals surface area (Å²) in [5, 5.41) is 3.96. The Bertz CT molecular complexity index is 587. The second kappa shape index (κ2) is 7.79. The number of halogens is 1. The van der Waals surface area contributed by atoms with Gasteiger partial charge in [0.15, 0.2) is 0 Å². The van der Waals surface area contributed by atoms with Gasteiger partial charge in [-0.25, -0.2) is 0 Å². The quantitative estimate of drug-likeness (QED) is 0.800. The van der Waals surface area contributed by atoms with Crippen LogP contribution in [0, 0.1) is 0 Å².